The van der Waals surface area contributed by atoms with Crippen molar-refractivity contribution >= 4 is 23.8 Å². The van der Waals surface area contributed by atoms with Crippen LogP contribution in [0.2, 0.25) is 0 Å². The zero-order valence-corrected chi connectivity index (χ0v) is 11.2. The molecule has 1 aliphatic rings. The zero-order chi connectivity index (χ0) is 15.6. The number of carbonyl (C=O) groups is 2. The topological polar surface area (TPSA) is 141 Å². The second-order valence-electron chi connectivity index (χ2n) is 4.76. The predicted molar refractivity (Wildman–Crippen MR) is 74.3 cm³/mol. The van der Waals surface area contributed by atoms with Gasteiger partial charge in [-0.1, -0.05) is 0 Å². The quantitative estimate of drug-likeness (QED) is 0.561. The van der Waals surface area contributed by atoms with Gasteiger partial charge in [0.1, 0.15) is 12.0 Å². The average Bonchev–Trinajstić information content (AvgIpc) is 3.00. The van der Waals surface area contributed by atoms with E-state index in [0.717, 1.165) is 6.08 Å². The Morgan fingerprint density at radius 3 is 2.71 bits per heavy atom. The number of hydrogen-bond acceptors (Lipinski definition) is 5. The molecular weight excluding hydrogens is 278 g/mol. The minimum absolute atomic E-state index is 0.0588. The number of nitrogens with two attached hydrogens (primary N) is 2. The fourth-order valence-electron chi connectivity index (χ4n) is 2.38. The third kappa shape index (κ3) is 3.06. The molecule has 2 heterocycles. The van der Waals surface area contributed by atoms with Gasteiger partial charge >= 0.3 is 5.97 Å². The van der Waals surface area contributed by atoms with E-state index in [4.69, 9.17) is 26.4 Å². The first-order valence-corrected chi connectivity index (χ1v) is 6.41. The number of carboxylic acid groups (broad SMARTS) is 1. The molecular formula is C13H17N3O5. The summed E-state index contributed by atoms with van der Waals surface area (Å²) in [6, 6.07) is 0. The lowest BCUT2D eigenvalue weighted by atomic mass is 10.1. The lowest BCUT2D eigenvalue weighted by Crippen LogP contribution is -2.17. The van der Waals surface area contributed by atoms with Gasteiger partial charge in [0.05, 0.1) is 18.3 Å². The number of aromatic nitrogens is 1. The number of carbonyl (C=O) groups excluding carboxylic acids is 1. The van der Waals surface area contributed by atoms with Crippen LogP contribution in [0.1, 0.15) is 35.0 Å². The predicted octanol–water partition coefficient (Wildman–Crippen LogP) is -0.0631. The standard InChI is InChI=1S/C13H17N3O5/c14-12-11(13(15)20)7(1-4-10(18)19)5-16(12)9-3-2-8(6-17)21-9/h1,4-5,8-9,17H,2-3,6,14H2,(H2,15,20)(H,18,19)/b4-1+/t8-,9+/m0/s1. The lowest BCUT2D eigenvalue weighted by molar-refractivity contribution is -0.131. The van der Waals surface area contributed by atoms with Crippen molar-refractivity contribution in [1.29, 1.82) is 0 Å². The molecule has 0 radical (unpaired) electrons. The van der Waals surface area contributed by atoms with Crippen molar-refractivity contribution in [3.63, 3.8) is 0 Å². The van der Waals surface area contributed by atoms with E-state index >= 15 is 0 Å². The fraction of sp³-hybridized carbons (Fsp3) is 0.385. The molecule has 0 saturated carbocycles. The van der Waals surface area contributed by atoms with Gasteiger partial charge in [-0.25, -0.2) is 4.79 Å². The largest absolute Gasteiger partial charge is 0.478 e. The molecule has 6 N–H and O–H groups in total. The number of aliphatic carboxylic acids is 1. The number of amides is 1. The Hall–Kier alpha value is -2.32. The number of nitrogen functional groups attached to an aromatic ring is 1. The molecule has 8 heteroatoms. The molecule has 1 aromatic heterocycles. The molecule has 1 aliphatic heterocycles. The normalized spacial score (nSPS) is 22.0. The molecule has 8 nitrogen and oxygen atoms in total. The number of anilines is 1. The maximum Gasteiger partial charge on any atom is 0.328 e. The summed E-state index contributed by atoms with van der Waals surface area (Å²) in [5.41, 5.74) is 11.6. The number of primary amides is 1. The summed E-state index contributed by atoms with van der Waals surface area (Å²) in [4.78, 5) is 22.1. The Morgan fingerprint density at radius 2 is 2.19 bits per heavy atom. The van der Waals surface area contributed by atoms with Gasteiger partial charge in [0.25, 0.3) is 5.91 Å². The smallest absolute Gasteiger partial charge is 0.328 e. The van der Waals surface area contributed by atoms with Crippen LogP contribution < -0.4 is 11.5 Å². The van der Waals surface area contributed by atoms with Crippen molar-refractivity contribution in [2.24, 2.45) is 5.73 Å². The Morgan fingerprint density at radius 1 is 1.48 bits per heavy atom. The fourth-order valence-corrected chi connectivity index (χ4v) is 2.38. The number of aliphatic hydroxyl groups excluding tert-OH is 1. The van der Waals surface area contributed by atoms with Crippen molar-refractivity contribution in [3.05, 3.63) is 23.4 Å². The van der Waals surface area contributed by atoms with Gasteiger partial charge < -0.3 is 31.0 Å². The minimum Gasteiger partial charge on any atom is -0.478 e. The van der Waals surface area contributed by atoms with Gasteiger partial charge in [-0.2, -0.15) is 0 Å². The van der Waals surface area contributed by atoms with Gasteiger partial charge in [0, 0.05) is 17.8 Å². The first-order valence-electron chi connectivity index (χ1n) is 6.41. The van der Waals surface area contributed by atoms with E-state index in [1.807, 2.05) is 0 Å². The van der Waals surface area contributed by atoms with Crippen LogP contribution in [-0.2, 0) is 9.53 Å². The first kappa shape index (κ1) is 15.1. The SMILES string of the molecule is NC(=O)c1c(/C=C/C(=O)O)cn([C@H]2CC[C@@H](CO)O2)c1N. The van der Waals surface area contributed by atoms with Crippen molar-refractivity contribution in [2.45, 2.75) is 25.2 Å². The number of hydrogen-bond donors (Lipinski definition) is 4. The molecule has 2 rings (SSSR count). The summed E-state index contributed by atoms with van der Waals surface area (Å²) in [5.74, 6) is -1.77. The number of nitrogens with zero attached hydrogens (tertiary/aromatic N) is 1. The van der Waals surface area contributed by atoms with Crippen LogP contribution in [0.25, 0.3) is 6.08 Å². The van der Waals surface area contributed by atoms with Crippen LogP contribution in [-0.4, -0.2) is 39.4 Å². The maximum absolute atomic E-state index is 11.5. The molecule has 21 heavy (non-hydrogen) atoms. The molecule has 0 unspecified atom stereocenters. The van der Waals surface area contributed by atoms with Crippen LogP contribution in [0, 0.1) is 0 Å². The highest BCUT2D eigenvalue weighted by Crippen LogP contribution is 2.33. The number of carboxylic acids is 1. The van der Waals surface area contributed by atoms with Gasteiger partial charge in [-0.05, 0) is 18.9 Å². The third-order valence-electron chi connectivity index (χ3n) is 3.35. The molecule has 0 aliphatic carbocycles. The van der Waals surface area contributed by atoms with Gasteiger partial charge in [-0.3, -0.25) is 4.79 Å². The molecule has 0 spiro atoms. The molecule has 1 aromatic rings. The van der Waals surface area contributed by atoms with E-state index in [1.165, 1.54) is 16.8 Å². The lowest BCUT2D eigenvalue weighted by Gasteiger charge is -2.15. The summed E-state index contributed by atoms with van der Waals surface area (Å²) in [6.45, 7) is -0.0911. The second kappa shape index (κ2) is 5.98. The van der Waals surface area contributed by atoms with E-state index in [2.05, 4.69) is 0 Å². The average molecular weight is 295 g/mol. The summed E-state index contributed by atoms with van der Waals surface area (Å²) in [7, 11) is 0. The minimum atomic E-state index is -1.14. The van der Waals surface area contributed by atoms with Crippen molar-refractivity contribution in [1.82, 2.24) is 4.57 Å². The summed E-state index contributed by atoms with van der Waals surface area (Å²) in [5, 5.41) is 17.7. The number of ether oxygens (including phenoxy) is 1. The Labute approximate surface area is 120 Å². The summed E-state index contributed by atoms with van der Waals surface area (Å²) in [6.07, 6.45) is 4.30. The van der Waals surface area contributed by atoms with E-state index in [9.17, 15) is 9.59 Å². The maximum atomic E-state index is 11.5. The Kier molecular flexibility index (Phi) is 4.29. The highest BCUT2D eigenvalue weighted by molar-refractivity contribution is 6.02. The summed E-state index contributed by atoms with van der Waals surface area (Å²) >= 11 is 0. The molecule has 0 aromatic carbocycles. The first-order chi connectivity index (χ1) is 9.93. The number of rotatable bonds is 5. The molecule has 0 bridgehead atoms. The van der Waals surface area contributed by atoms with Crippen molar-refractivity contribution in [3.8, 4) is 0 Å². The van der Waals surface area contributed by atoms with Crippen LogP contribution in [0.5, 0.6) is 0 Å². The molecule has 1 fully saturated rings. The van der Waals surface area contributed by atoms with E-state index in [0.29, 0.717) is 18.4 Å². The van der Waals surface area contributed by atoms with Crippen LogP contribution in [0.15, 0.2) is 12.3 Å². The van der Waals surface area contributed by atoms with Crippen LogP contribution in [0.4, 0.5) is 5.82 Å². The molecule has 2 atom stereocenters. The number of aliphatic hydroxyl groups is 1. The highest BCUT2D eigenvalue weighted by Gasteiger charge is 2.29. The van der Waals surface area contributed by atoms with Crippen molar-refractivity contribution < 1.29 is 24.5 Å². The third-order valence-corrected chi connectivity index (χ3v) is 3.35. The van der Waals surface area contributed by atoms with E-state index in [1.54, 1.807) is 0 Å². The molecule has 1 amide bonds. The molecule has 1 saturated heterocycles. The van der Waals surface area contributed by atoms with Crippen LogP contribution >= 0.6 is 0 Å². The van der Waals surface area contributed by atoms with Crippen LogP contribution in [0.3, 0.4) is 0 Å². The van der Waals surface area contributed by atoms with E-state index < -0.39 is 18.1 Å². The second-order valence-corrected chi connectivity index (χ2v) is 4.76. The Balaban J connectivity index is 2.37. The van der Waals surface area contributed by atoms with Gasteiger partial charge in [-0.15, -0.1) is 0 Å². The molecule has 114 valence electrons. The highest BCUT2D eigenvalue weighted by atomic mass is 16.5. The summed E-state index contributed by atoms with van der Waals surface area (Å²) < 4.78 is 7.13. The van der Waals surface area contributed by atoms with Gasteiger partial charge in [0.15, 0.2) is 0 Å². The zero-order valence-electron chi connectivity index (χ0n) is 11.2. The van der Waals surface area contributed by atoms with Gasteiger partial charge in [0.2, 0.25) is 0 Å². The monoisotopic (exact) mass is 295 g/mol. The Bertz CT molecular complexity index is 593. The van der Waals surface area contributed by atoms with Crippen molar-refractivity contribution in [2.75, 3.05) is 12.3 Å². The van der Waals surface area contributed by atoms with E-state index in [-0.39, 0.29) is 24.1 Å².